The number of nitrogens with two attached hydrogens (primary N) is 1. The zero-order valence-corrected chi connectivity index (χ0v) is 14.4. The number of benzene rings is 2. The van der Waals surface area contributed by atoms with Crippen LogP contribution in [0, 0.1) is 11.3 Å². The quantitative estimate of drug-likeness (QED) is 0.629. The molecule has 0 aliphatic carbocycles. The first-order valence-electron chi connectivity index (χ1n) is 6.54. The largest absolute Gasteiger partial charge is 0.417 e. The second-order valence-electron chi connectivity index (χ2n) is 5.29. The average molecular weight is 394 g/mol. The maximum Gasteiger partial charge on any atom is 0.417 e. The zero-order chi connectivity index (χ0) is 18.3. The molecule has 0 spiro atoms. The van der Waals surface area contributed by atoms with Gasteiger partial charge in [-0.3, -0.25) is 0 Å². The van der Waals surface area contributed by atoms with E-state index in [4.69, 9.17) is 40.5 Å². The third-order valence-corrected chi connectivity index (χ3v) is 4.56. The summed E-state index contributed by atoms with van der Waals surface area (Å²) < 4.78 is 39.3. The van der Waals surface area contributed by atoms with E-state index in [0.717, 1.165) is 12.1 Å². The third kappa shape index (κ3) is 3.27. The van der Waals surface area contributed by atoms with Crippen molar-refractivity contribution in [2.75, 3.05) is 5.73 Å². The Kier molecular flexibility index (Phi) is 4.96. The number of halogens is 6. The van der Waals surface area contributed by atoms with E-state index < -0.39 is 22.2 Å². The summed E-state index contributed by atoms with van der Waals surface area (Å²) in [6.45, 7) is 1.43. The third-order valence-electron chi connectivity index (χ3n) is 3.64. The standard InChI is InChI=1S/C16H10Cl3F3N2/c1-15(7-23,14-12(18)5-9(24)6-13(14)19)8-2-3-11(17)10(4-8)16(20,21)22/h2-6H,24H2,1H3. The van der Waals surface area contributed by atoms with Crippen LogP contribution in [0.2, 0.25) is 15.1 Å². The van der Waals surface area contributed by atoms with Crippen LogP contribution in [0.15, 0.2) is 30.3 Å². The highest BCUT2D eigenvalue weighted by Gasteiger charge is 2.38. The molecule has 2 rings (SSSR count). The predicted molar refractivity (Wildman–Crippen MR) is 89.4 cm³/mol. The molecule has 0 saturated heterocycles. The Labute approximate surface area is 151 Å². The van der Waals surface area contributed by atoms with Gasteiger partial charge in [0.1, 0.15) is 5.41 Å². The minimum Gasteiger partial charge on any atom is -0.399 e. The second kappa shape index (κ2) is 6.36. The lowest BCUT2D eigenvalue weighted by molar-refractivity contribution is -0.137. The van der Waals surface area contributed by atoms with Crippen LogP contribution in [0.5, 0.6) is 0 Å². The fourth-order valence-electron chi connectivity index (χ4n) is 2.39. The Morgan fingerprint density at radius 3 is 2.00 bits per heavy atom. The molecule has 1 unspecified atom stereocenters. The number of nitriles is 1. The minimum absolute atomic E-state index is 0.0651. The summed E-state index contributed by atoms with van der Waals surface area (Å²) in [5.74, 6) is 0. The number of rotatable bonds is 2. The Balaban J connectivity index is 2.76. The van der Waals surface area contributed by atoms with Crippen molar-refractivity contribution < 1.29 is 13.2 Å². The number of nitrogen functional groups attached to an aromatic ring is 1. The van der Waals surface area contributed by atoms with Crippen LogP contribution >= 0.6 is 34.8 Å². The summed E-state index contributed by atoms with van der Waals surface area (Å²) in [5.41, 5.74) is 3.60. The van der Waals surface area contributed by atoms with Gasteiger partial charge in [0.15, 0.2) is 0 Å². The van der Waals surface area contributed by atoms with Crippen LogP contribution in [0.1, 0.15) is 23.6 Å². The van der Waals surface area contributed by atoms with Gasteiger partial charge in [-0.05, 0) is 36.8 Å². The van der Waals surface area contributed by atoms with Gasteiger partial charge in [0.2, 0.25) is 0 Å². The average Bonchev–Trinajstić information content (AvgIpc) is 2.44. The van der Waals surface area contributed by atoms with E-state index in [1.165, 1.54) is 25.1 Å². The summed E-state index contributed by atoms with van der Waals surface area (Å²) >= 11 is 17.9. The fraction of sp³-hybridized carbons (Fsp3) is 0.188. The molecule has 1 atom stereocenters. The predicted octanol–water partition coefficient (Wildman–Crippen LogP) is 6.08. The molecule has 0 aromatic heterocycles. The van der Waals surface area contributed by atoms with Gasteiger partial charge >= 0.3 is 6.18 Å². The Bertz CT molecular complexity index is 820. The van der Waals surface area contributed by atoms with Gasteiger partial charge in [-0.2, -0.15) is 18.4 Å². The second-order valence-corrected chi connectivity index (χ2v) is 6.51. The van der Waals surface area contributed by atoms with E-state index in [0.29, 0.717) is 0 Å². The monoisotopic (exact) mass is 392 g/mol. The first-order chi connectivity index (χ1) is 11.0. The molecule has 126 valence electrons. The molecule has 0 saturated carbocycles. The molecule has 0 bridgehead atoms. The van der Waals surface area contributed by atoms with E-state index in [1.807, 2.05) is 6.07 Å². The lowest BCUT2D eigenvalue weighted by Gasteiger charge is -2.26. The minimum atomic E-state index is -4.65. The molecule has 2 N–H and O–H groups in total. The van der Waals surface area contributed by atoms with Crippen molar-refractivity contribution >= 4 is 40.5 Å². The molecule has 2 aromatic rings. The molecule has 0 aliphatic heterocycles. The summed E-state index contributed by atoms with van der Waals surface area (Å²) in [6.07, 6.45) is -4.65. The SMILES string of the molecule is CC(C#N)(c1ccc(Cl)c(C(F)(F)F)c1)c1c(Cl)cc(N)cc1Cl. The molecule has 24 heavy (non-hydrogen) atoms. The van der Waals surface area contributed by atoms with Gasteiger partial charge in [-0.25, -0.2) is 0 Å². The van der Waals surface area contributed by atoms with E-state index in [-0.39, 0.29) is 26.9 Å². The molecule has 8 heteroatoms. The fourth-order valence-corrected chi connectivity index (χ4v) is 3.50. The Morgan fingerprint density at radius 1 is 1.00 bits per heavy atom. The highest BCUT2D eigenvalue weighted by molar-refractivity contribution is 6.36. The number of hydrogen-bond acceptors (Lipinski definition) is 2. The van der Waals surface area contributed by atoms with Gasteiger partial charge in [-0.1, -0.05) is 40.9 Å². The molecule has 0 heterocycles. The van der Waals surface area contributed by atoms with Gasteiger partial charge in [0, 0.05) is 21.3 Å². The molecule has 0 aliphatic rings. The molecule has 2 nitrogen and oxygen atoms in total. The van der Waals surface area contributed by atoms with Crippen molar-refractivity contribution in [1.29, 1.82) is 5.26 Å². The van der Waals surface area contributed by atoms with Crippen LogP contribution in [0.3, 0.4) is 0 Å². The highest BCUT2D eigenvalue weighted by Crippen LogP contribution is 2.44. The van der Waals surface area contributed by atoms with Crippen LogP contribution in [-0.4, -0.2) is 0 Å². The summed E-state index contributed by atoms with van der Waals surface area (Å²) in [6, 6.07) is 8.02. The van der Waals surface area contributed by atoms with E-state index in [9.17, 15) is 18.4 Å². The van der Waals surface area contributed by atoms with E-state index >= 15 is 0 Å². The van der Waals surface area contributed by atoms with Gasteiger partial charge < -0.3 is 5.73 Å². The zero-order valence-electron chi connectivity index (χ0n) is 12.2. The smallest absolute Gasteiger partial charge is 0.399 e. The van der Waals surface area contributed by atoms with Gasteiger partial charge in [-0.15, -0.1) is 0 Å². The molecule has 0 amide bonds. The van der Waals surface area contributed by atoms with Gasteiger partial charge in [0.25, 0.3) is 0 Å². The van der Waals surface area contributed by atoms with Crippen LogP contribution < -0.4 is 5.73 Å². The van der Waals surface area contributed by atoms with Crippen LogP contribution in [0.25, 0.3) is 0 Å². The molecule has 2 aromatic carbocycles. The number of hydrogen-bond donors (Lipinski definition) is 1. The first kappa shape index (κ1) is 18.7. The number of anilines is 1. The van der Waals surface area contributed by atoms with Crippen molar-refractivity contribution in [3.63, 3.8) is 0 Å². The van der Waals surface area contributed by atoms with Crippen molar-refractivity contribution in [3.05, 3.63) is 62.1 Å². The van der Waals surface area contributed by atoms with Crippen LogP contribution in [0.4, 0.5) is 18.9 Å². The Hall–Kier alpha value is -1.61. The van der Waals surface area contributed by atoms with Gasteiger partial charge in [0.05, 0.1) is 16.7 Å². The van der Waals surface area contributed by atoms with E-state index in [2.05, 4.69) is 0 Å². The first-order valence-corrected chi connectivity index (χ1v) is 7.67. The van der Waals surface area contributed by atoms with Crippen molar-refractivity contribution in [1.82, 2.24) is 0 Å². The maximum atomic E-state index is 13.1. The molecule has 0 radical (unpaired) electrons. The number of alkyl halides is 3. The summed E-state index contributed by atoms with van der Waals surface area (Å²) in [4.78, 5) is 0. The summed E-state index contributed by atoms with van der Waals surface area (Å²) in [5, 5.41) is 9.38. The molecular formula is C16H10Cl3F3N2. The topological polar surface area (TPSA) is 49.8 Å². The molecule has 0 fully saturated rings. The summed E-state index contributed by atoms with van der Waals surface area (Å²) in [7, 11) is 0. The van der Waals surface area contributed by atoms with Crippen molar-refractivity contribution in [2.24, 2.45) is 0 Å². The van der Waals surface area contributed by atoms with Crippen molar-refractivity contribution in [3.8, 4) is 6.07 Å². The lowest BCUT2D eigenvalue weighted by Crippen LogP contribution is -2.23. The van der Waals surface area contributed by atoms with Crippen molar-refractivity contribution in [2.45, 2.75) is 18.5 Å². The van der Waals surface area contributed by atoms with E-state index in [1.54, 1.807) is 0 Å². The Morgan fingerprint density at radius 2 is 1.54 bits per heavy atom. The number of nitrogens with zero attached hydrogens (tertiary/aromatic N) is 1. The molecular weight excluding hydrogens is 384 g/mol. The lowest BCUT2D eigenvalue weighted by atomic mass is 9.77. The van der Waals surface area contributed by atoms with Crippen LogP contribution in [-0.2, 0) is 11.6 Å². The maximum absolute atomic E-state index is 13.1. The highest BCUT2D eigenvalue weighted by atomic mass is 35.5. The normalized spacial score (nSPS) is 14.1.